The normalized spacial score (nSPS) is 11.3. The van der Waals surface area contributed by atoms with Gasteiger partial charge in [0.25, 0.3) is 5.16 Å². The van der Waals surface area contributed by atoms with Gasteiger partial charge in [-0.3, -0.25) is 4.79 Å². The molecule has 0 N–H and O–H groups in total. The standard InChI is InChI=1S/C13H16N4O4S/c1-21-12(18)9-5-6-10-22(19,20)13-14-15-16-17(13)11-7-3-2-4-8-11/h2-4,7-8H,5-6,9-10H2,1H3. The summed E-state index contributed by atoms with van der Waals surface area (Å²) < 4.78 is 30.3. The zero-order valence-corrected chi connectivity index (χ0v) is 12.9. The van der Waals surface area contributed by atoms with Crippen LogP contribution in [0, 0.1) is 0 Å². The van der Waals surface area contributed by atoms with Crippen molar-refractivity contribution in [2.24, 2.45) is 0 Å². The maximum Gasteiger partial charge on any atom is 0.305 e. The fourth-order valence-corrected chi connectivity index (χ4v) is 3.19. The van der Waals surface area contributed by atoms with Crippen LogP contribution in [-0.4, -0.2) is 47.5 Å². The molecule has 118 valence electrons. The minimum absolute atomic E-state index is 0.128. The quantitative estimate of drug-likeness (QED) is 0.547. The van der Waals surface area contributed by atoms with Crippen molar-refractivity contribution in [2.75, 3.05) is 12.9 Å². The Balaban J connectivity index is 2.08. The average molecular weight is 324 g/mol. The van der Waals surface area contributed by atoms with Gasteiger partial charge in [0.15, 0.2) is 0 Å². The molecule has 2 rings (SSSR count). The molecule has 0 aliphatic rings. The zero-order chi connectivity index (χ0) is 16.0. The number of hydrogen-bond acceptors (Lipinski definition) is 7. The molecule has 2 aromatic rings. The van der Waals surface area contributed by atoms with E-state index in [2.05, 4.69) is 20.3 Å². The van der Waals surface area contributed by atoms with Crippen molar-refractivity contribution in [1.29, 1.82) is 0 Å². The van der Waals surface area contributed by atoms with E-state index in [-0.39, 0.29) is 23.3 Å². The fraction of sp³-hybridized carbons (Fsp3) is 0.385. The van der Waals surface area contributed by atoms with Crippen LogP contribution in [0.4, 0.5) is 0 Å². The van der Waals surface area contributed by atoms with E-state index in [4.69, 9.17) is 0 Å². The summed E-state index contributed by atoms with van der Waals surface area (Å²) >= 11 is 0. The van der Waals surface area contributed by atoms with Crippen molar-refractivity contribution >= 4 is 15.8 Å². The number of nitrogens with zero attached hydrogens (tertiary/aromatic N) is 4. The smallest absolute Gasteiger partial charge is 0.305 e. The Bertz CT molecular complexity index is 728. The number of methoxy groups -OCH3 is 1. The molecule has 0 amide bonds. The molecule has 8 nitrogen and oxygen atoms in total. The fourth-order valence-electron chi connectivity index (χ4n) is 1.86. The van der Waals surface area contributed by atoms with Gasteiger partial charge < -0.3 is 4.74 Å². The minimum Gasteiger partial charge on any atom is -0.469 e. The first kappa shape index (κ1) is 16.1. The van der Waals surface area contributed by atoms with Crippen LogP contribution >= 0.6 is 0 Å². The highest BCUT2D eigenvalue weighted by atomic mass is 32.2. The molecule has 0 spiro atoms. The molecule has 0 radical (unpaired) electrons. The van der Waals surface area contributed by atoms with Crippen LogP contribution in [0.15, 0.2) is 35.5 Å². The summed E-state index contributed by atoms with van der Waals surface area (Å²) in [5, 5.41) is 10.6. The van der Waals surface area contributed by atoms with Crippen molar-refractivity contribution in [3.63, 3.8) is 0 Å². The number of unbranched alkanes of at least 4 members (excludes halogenated alkanes) is 1. The van der Waals surface area contributed by atoms with Crippen molar-refractivity contribution in [2.45, 2.75) is 24.4 Å². The molecule has 0 saturated heterocycles. The van der Waals surface area contributed by atoms with E-state index in [1.165, 1.54) is 11.8 Å². The number of benzene rings is 1. The molecule has 0 fully saturated rings. The van der Waals surface area contributed by atoms with Crippen LogP contribution in [0.3, 0.4) is 0 Å². The summed E-state index contributed by atoms with van der Waals surface area (Å²) in [5.74, 6) is -0.483. The largest absolute Gasteiger partial charge is 0.469 e. The highest BCUT2D eigenvalue weighted by Gasteiger charge is 2.23. The molecule has 1 heterocycles. The first-order chi connectivity index (χ1) is 10.5. The molecular formula is C13H16N4O4S. The van der Waals surface area contributed by atoms with E-state index < -0.39 is 9.84 Å². The molecule has 0 atom stereocenters. The van der Waals surface area contributed by atoms with Crippen LogP contribution in [-0.2, 0) is 19.4 Å². The number of aromatic nitrogens is 4. The maximum atomic E-state index is 12.3. The topological polar surface area (TPSA) is 104 Å². The number of hydrogen-bond donors (Lipinski definition) is 0. The SMILES string of the molecule is COC(=O)CCCCS(=O)(=O)c1nnnn1-c1ccccc1. The number of carbonyl (C=O) groups excluding carboxylic acids is 1. The Morgan fingerprint density at radius 1 is 1.23 bits per heavy atom. The van der Waals surface area contributed by atoms with Gasteiger partial charge in [-0.1, -0.05) is 23.3 Å². The number of para-hydroxylation sites is 1. The highest BCUT2D eigenvalue weighted by molar-refractivity contribution is 7.91. The summed E-state index contributed by atoms with van der Waals surface area (Å²) in [4.78, 5) is 11.0. The summed E-state index contributed by atoms with van der Waals surface area (Å²) in [6, 6.07) is 8.78. The van der Waals surface area contributed by atoms with E-state index in [0.717, 1.165) is 0 Å². The second-order valence-corrected chi connectivity index (χ2v) is 6.56. The highest BCUT2D eigenvalue weighted by Crippen LogP contribution is 2.14. The molecule has 0 bridgehead atoms. The van der Waals surface area contributed by atoms with Gasteiger partial charge in [0.05, 0.1) is 18.6 Å². The first-order valence-corrected chi connectivity index (χ1v) is 8.33. The third-order valence-corrected chi connectivity index (χ3v) is 4.63. The lowest BCUT2D eigenvalue weighted by Gasteiger charge is -2.05. The molecule has 0 saturated carbocycles. The van der Waals surface area contributed by atoms with Gasteiger partial charge in [-0.05, 0) is 35.4 Å². The number of rotatable bonds is 7. The molecule has 1 aromatic heterocycles. The third kappa shape index (κ3) is 3.88. The van der Waals surface area contributed by atoms with E-state index in [9.17, 15) is 13.2 Å². The van der Waals surface area contributed by atoms with Gasteiger partial charge in [-0.25, -0.2) is 8.42 Å². The van der Waals surface area contributed by atoms with Gasteiger partial charge in [0, 0.05) is 6.42 Å². The van der Waals surface area contributed by atoms with Crippen molar-refractivity contribution < 1.29 is 17.9 Å². The van der Waals surface area contributed by atoms with Gasteiger partial charge in [-0.15, -0.1) is 0 Å². The Kier molecular flexibility index (Phi) is 5.21. The lowest BCUT2D eigenvalue weighted by atomic mass is 10.2. The molecule has 9 heteroatoms. The molecule has 0 unspecified atom stereocenters. The minimum atomic E-state index is -3.63. The van der Waals surface area contributed by atoms with E-state index in [1.54, 1.807) is 24.3 Å². The predicted molar refractivity (Wildman–Crippen MR) is 77.1 cm³/mol. The van der Waals surface area contributed by atoms with Crippen molar-refractivity contribution in [3.05, 3.63) is 30.3 Å². The Morgan fingerprint density at radius 2 is 1.95 bits per heavy atom. The predicted octanol–water partition coefficient (Wildman–Crippen LogP) is 0.779. The first-order valence-electron chi connectivity index (χ1n) is 6.68. The molecule has 0 aliphatic carbocycles. The summed E-state index contributed by atoms with van der Waals surface area (Å²) in [5.41, 5.74) is 0.570. The number of tetrazole rings is 1. The summed E-state index contributed by atoms with van der Waals surface area (Å²) in [7, 11) is -2.33. The van der Waals surface area contributed by atoms with E-state index >= 15 is 0 Å². The number of esters is 1. The van der Waals surface area contributed by atoms with Crippen LogP contribution in [0.5, 0.6) is 0 Å². The van der Waals surface area contributed by atoms with Crippen LogP contribution < -0.4 is 0 Å². The lowest BCUT2D eigenvalue weighted by molar-refractivity contribution is -0.140. The third-order valence-electron chi connectivity index (χ3n) is 2.99. The molecule has 1 aromatic carbocycles. The van der Waals surface area contributed by atoms with Gasteiger partial charge in [0.1, 0.15) is 0 Å². The van der Waals surface area contributed by atoms with E-state index in [1.807, 2.05) is 6.07 Å². The van der Waals surface area contributed by atoms with E-state index in [0.29, 0.717) is 18.5 Å². The van der Waals surface area contributed by atoms with Crippen molar-refractivity contribution in [1.82, 2.24) is 20.2 Å². The van der Waals surface area contributed by atoms with Crippen LogP contribution in [0.1, 0.15) is 19.3 Å². The molecule has 0 aliphatic heterocycles. The number of ether oxygens (including phenoxy) is 1. The Labute approximate surface area is 128 Å². The Hall–Kier alpha value is -2.29. The van der Waals surface area contributed by atoms with Crippen molar-refractivity contribution in [3.8, 4) is 5.69 Å². The second kappa shape index (κ2) is 7.12. The second-order valence-electron chi connectivity index (χ2n) is 4.56. The summed E-state index contributed by atoms with van der Waals surface area (Å²) in [6.45, 7) is 0. The zero-order valence-electron chi connectivity index (χ0n) is 12.0. The van der Waals surface area contributed by atoms with Gasteiger partial charge >= 0.3 is 5.97 Å². The molecular weight excluding hydrogens is 308 g/mol. The van der Waals surface area contributed by atoms with Crippen LogP contribution in [0.2, 0.25) is 0 Å². The van der Waals surface area contributed by atoms with Crippen LogP contribution in [0.25, 0.3) is 5.69 Å². The Morgan fingerprint density at radius 3 is 2.64 bits per heavy atom. The summed E-state index contributed by atoms with van der Waals surface area (Å²) in [6.07, 6.45) is 0.952. The maximum absolute atomic E-state index is 12.3. The lowest BCUT2D eigenvalue weighted by Crippen LogP contribution is -2.14. The molecule has 22 heavy (non-hydrogen) atoms. The number of carbonyl (C=O) groups is 1. The average Bonchev–Trinajstić information content (AvgIpc) is 3.02. The number of sulfone groups is 1. The van der Waals surface area contributed by atoms with Gasteiger partial charge in [-0.2, -0.15) is 4.68 Å². The monoisotopic (exact) mass is 324 g/mol. The van der Waals surface area contributed by atoms with Gasteiger partial charge in [0.2, 0.25) is 9.84 Å².